The summed E-state index contributed by atoms with van der Waals surface area (Å²) in [6.07, 6.45) is 5.26. The third kappa shape index (κ3) is 3.92. The van der Waals surface area contributed by atoms with Crippen molar-refractivity contribution in [2.24, 2.45) is 0 Å². The second-order valence-corrected chi connectivity index (χ2v) is 5.71. The highest BCUT2D eigenvalue weighted by Crippen LogP contribution is 2.18. The first-order chi connectivity index (χ1) is 12.5. The number of aromatic nitrogens is 3. The van der Waals surface area contributed by atoms with Crippen LogP contribution >= 0.6 is 0 Å². The molecule has 8 nitrogen and oxygen atoms in total. The number of hydrogen-bond acceptors (Lipinski definition) is 5. The maximum absolute atomic E-state index is 12.2. The molecule has 0 aliphatic carbocycles. The first-order valence-corrected chi connectivity index (χ1v) is 8.01. The maximum Gasteiger partial charge on any atom is 0.272 e. The number of carbonyl (C=O) groups excluding carboxylic acids is 1. The number of carbonyl (C=O) groups is 1. The zero-order chi connectivity index (χ0) is 18.5. The van der Waals surface area contributed by atoms with Gasteiger partial charge < -0.3 is 5.32 Å². The molecule has 8 heteroatoms. The number of nitro benzene ring substituents is 1. The van der Waals surface area contributed by atoms with Gasteiger partial charge in [0.15, 0.2) is 0 Å². The lowest BCUT2D eigenvalue weighted by atomic mass is 10.1. The molecule has 3 aromatic rings. The van der Waals surface area contributed by atoms with Crippen LogP contribution in [0.4, 0.5) is 5.69 Å². The average Bonchev–Trinajstić information content (AvgIpc) is 3.11. The molecule has 0 spiro atoms. The van der Waals surface area contributed by atoms with E-state index in [1.807, 2.05) is 24.4 Å². The van der Waals surface area contributed by atoms with Crippen LogP contribution in [0, 0.1) is 17.0 Å². The Kier molecular flexibility index (Phi) is 5.02. The van der Waals surface area contributed by atoms with Gasteiger partial charge in [0.1, 0.15) is 0 Å². The van der Waals surface area contributed by atoms with Crippen molar-refractivity contribution in [3.8, 4) is 11.3 Å². The predicted octanol–water partition coefficient (Wildman–Crippen LogP) is 2.59. The van der Waals surface area contributed by atoms with Crippen molar-refractivity contribution in [1.29, 1.82) is 0 Å². The minimum Gasteiger partial charge on any atom is -0.350 e. The molecular formula is C18H17N5O3. The van der Waals surface area contributed by atoms with Gasteiger partial charge in [-0.15, -0.1) is 0 Å². The van der Waals surface area contributed by atoms with E-state index >= 15 is 0 Å². The summed E-state index contributed by atoms with van der Waals surface area (Å²) >= 11 is 0. The Labute approximate surface area is 149 Å². The highest BCUT2D eigenvalue weighted by atomic mass is 16.6. The van der Waals surface area contributed by atoms with Gasteiger partial charge in [-0.2, -0.15) is 5.10 Å². The summed E-state index contributed by atoms with van der Waals surface area (Å²) in [5.74, 6) is -0.274. The zero-order valence-corrected chi connectivity index (χ0v) is 14.1. The largest absolute Gasteiger partial charge is 0.350 e. The van der Waals surface area contributed by atoms with Crippen molar-refractivity contribution in [2.75, 3.05) is 6.54 Å². The van der Waals surface area contributed by atoms with Crippen LogP contribution in [0.1, 0.15) is 15.9 Å². The minimum absolute atomic E-state index is 0.00160. The average molecular weight is 351 g/mol. The SMILES string of the molecule is Cc1cc(C(=O)NCCn2ccc(-c3ccncc3)n2)ccc1[N+](=O)[O-]. The fraction of sp³-hybridized carbons (Fsp3) is 0.167. The molecule has 2 aromatic heterocycles. The molecule has 2 heterocycles. The van der Waals surface area contributed by atoms with Crippen molar-refractivity contribution in [1.82, 2.24) is 20.1 Å². The second kappa shape index (κ2) is 7.56. The van der Waals surface area contributed by atoms with E-state index in [0.717, 1.165) is 11.3 Å². The molecule has 26 heavy (non-hydrogen) atoms. The molecule has 0 unspecified atom stereocenters. The number of aryl methyl sites for hydroxylation is 1. The molecule has 3 rings (SSSR count). The Balaban J connectivity index is 1.57. The summed E-state index contributed by atoms with van der Waals surface area (Å²) < 4.78 is 1.75. The van der Waals surface area contributed by atoms with Crippen molar-refractivity contribution in [3.05, 3.63) is 76.2 Å². The molecule has 1 aromatic carbocycles. The van der Waals surface area contributed by atoms with Crippen molar-refractivity contribution >= 4 is 11.6 Å². The van der Waals surface area contributed by atoms with E-state index in [1.165, 1.54) is 18.2 Å². The Hall–Kier alpha value is -3.55. The van der Waals surface area contributed by atoms with Crippen LogP contribution in [0.2, 0.25) is 0 Å². The van der Waals surface area contributed by atoms with E-state index in [4.69, 9.17) is 0 Å². The van der Waals surface area contributed by atoms with Gasteiger partial charge in [0.2, 0.25) is 0 Å². The van der Waals surface area contributed by atoms with E-state index in [1.54, 1.807) is 24.0 Å². The molecule has 0 aliphatic rings. The standard InChI is InChI=1S/C18H17N5O3/c1-13-12-15(2-3-17(13)23(25)26)18(24)20-9-11-22-10-6-16(21-22)14-4-7-19-8-5-14/h2-8,10,12H,9,11H2,1H3,(H,20,24). The highest BCUT2D eigenvalue weighted by Gasteiger charge is 2.13. The summed E-state index contributed by atoms with van der Waals surface area (Å²) in [6, 6.07) is 9.98. The summed E-state index contributed by atoms with van der Waals surface area (Å²) in [7, 11) is 0. The number of hydrogen-bond donors (Lipinski definition) is 1. The molecule has 0 aliphatic heterocycles. The van der Waals surface area contributed by atoms with Crippen molar-refractivity contribution < 1.29 is 9.72 Å². The zero-order valence-electron chi connectivity index (χ0n) is 14.1. The minimum atomic E-state index is -0.463. The molecule has 0 atom stereocenters. The lowest BCUT2D eigenvalue weighted by Crippen LogP contribution is -2.27. The third-order valence-corrected chi connectivity index (χ3v) is 3.90. The van der Waals surface area contributed by atoms with Crippen molar-refractivity contribution in [3.63, 3.8) is 0 Å². The summed E-state index contributed by atoms with van der Waals surface area (Å²) in [5, 5.41) is 18.1. The third-order valence-electron chi connectivity index (χ3n) is 3.90. The van der Waals surface area contributed by atoms with E-state index in [-0.39, 0.29) is 11.6 Å². The van der Waals surface area contributed by atoms with Crippen LogP contribution in [-0.4, -0.2) is 32.1 Å². The highest BCUT2D eigenvalue weighted by molar-refractivity contribution is 5.94. The number of nitro groups is 1. The van der Waals surface area contributed by atoms with Gasteiger partial charge in [-0.25, -0.2) is 0 Å². The molecule has 0 radical (unpaired) electrons. The smallest absolute Gasteiger partial charge is 0.272 e. The van der Waals surface area contributed by atoms with Gasteiger partial charge in [0.25, 0.3) is 11.6 Å². The van der Waals surface area contributed by atoms with E-state index < -0.39 is 4.92 Å². The lowest BCUT2D eigenvalue weighted by molar-refractivity contribution is -0.385. The van der Waals surface area contributed by atoms with Crippen LogP contribution in [0.5, 0.6) is 0 Å². The monoisotopic (exact) mass is 351 g/mol. The number of benzene rings is 1. The normalized spacial score (nSPS) is 10.5. The van der Waals surface area contributed by atoms with E-state index in [9.17, 15) is 14.9 Å². The molecule has 1 N–H and O–H groups in total. The molecule has 0 saturated carbocycles. The van der Waals surface area contributed by atoms with Crippen LogP contribution < -0.4 is 5.32 Å². The molecule has 132 valence electrons. The molecule has 1 amide bonds. The Bertz CT molecular complexity index is 937. The Morgan fingerprint density at radius 1 is 1.23 bits per heavy atom. The Morgan fingerprint density at radius 2 is 2.00 bits per heavy atom. The van der Waals surface area contributed by atoms with Crippen LogP contribution in [0.15, 0.2) is 55.0 Å². The van der Waals surface area contributed by atoms with Gasteiger partial charge in [-0.05, 0) is 37.3 Å². The topological polar surface area (TPSA) is 103 Å². The summed E-state index contributed by atoms with van der Waals surface area (Å²) in [6.45, 7) is 2.52. The van der Waals surface area contributed by atoms with E-state index in [0.29, 0.717) is 24.2 Å². The van der Waals surface area contributed by atoms with Gasteiger partial charge in [0, 0.05) is 47.9 Å². The first-order valence-electron chi connectivity index (χ1n) is 8.01. The molecule has 0 saturated heterocycles. The van der Waals surface area contributed by atoms with Crippen LogP contribution in [-0.2, 0) is 6.54 Å². The summed E-state index contributed by atoms with van der Waals surface area (Å²) in [5.41, 5.74) is 2.67. The lowest BCUT2D eigenvalue weighted by Gasteiger charge is -2.06. The number of nitrogens with one attached hydrogen (secondary N) is 1. The quantitative estimate of drug-likeness (QED) is 0.543. The predicted molar refractivity (Wildman–Crippen MR) is 95.6 cm³/mol. The van der Waals surface area contributed by atoms with Gasteiger partial charge >= 0.3 is 0 Å². The van der Waals surface area contributed by atoms with Crippen LogP contribution in [0.25, 0.3) is 11.3 Å². The van der Waals surface area contributed by atoms with Gasteiger partial charge in [0.05, 0.1) is 17.2 Å². The van der Waals surface area contributed by atoms with Crippen molar-refractivity contribution in [2.45, 2.75) is 13.5 Å². The van der Waals surface area contributed by atoms with Gasteiger partial charge in [-0.3, -0.25) is 24.6 Å². The fourth-order valence-corrected chi connectivity index (χ4v) is 2.55. The second-order valence-electron chi connectivity index (χ2n) is 5.71. The Morgan fingerprint density at radius 3 is 2.69 bits per heavy atom. The maximum atomic E-state index is 12.2. The fourth-order valence-electron chi connectivity index (χ4n) is 2.55. The number of amides is 1. The number of rotatable bonds is 6. The first kappa shape index (κ1) is 17.3. The van der Waals surface area contributed by atoms with Crippen LogP contribution in [0.3, 0.4) is 0 Å². The molecule has 0 bridgehead atoms. The molecular weight excluding hydrogens is 334 g/mol. The molecule has 0 fully saturated rings. The van der Waals surface area contributed by atoms with E-state index in [2.05, 4.69) is 15.4 Å². The van der Waals surface area contributed by atoms with Gasteiger partial charge in [-0.1, -0.05) is 0 Å². The summed E-state index contributed by atoms with van der Waals surface area (Å²) in [4.78, 5) is 26.5. The number of nitrogens with zero attached hydrogens (tertiary/aromatic N) is 4. The number of pyridine rings is 1.